The third kappa shape index (κ3) is 3.65. The molecule has 1 unspecified atom stereocenters. The van der Waals surface area contributed by atoms with E-state index in [0.717, 1.165) is 29.0 Å². The van der Waals surface area contributed by atoms with Crippen molar-refractivity contribution in [3.05, 3.63) is 88.5 Å². The first kappa shape index (κ1) is 25.5. The summed E-state index contributed by atoms with van der Waals surface area (Å²) in [6.45, 7) is 7.21. The van der Waals surface area contributed by atoms with Gasteiger partial charge in [0, 0.05) is 34.0 Å². The number of aryl methyl sites for hydroxylation is 1. The monoisotopic (exact) mass is 537 g/mol. The van der Waals surface area contributed by atoms with Crippen molar-refractivity contribution < 1.29 is 28.7 Å². The molecule has 3 aromatic rings. The van der Waals surface area contributed by atoms with Gasteiger partial charge >= 0.3 is 5.97 Å². The summed E-state index contributed by atoms with van der Waals surface area (Å²) in [6, 6.07) is 13.2. The molecule has 3 aliphatic heterocycles. The molecule has 0 fully saturated rings. The van der Waals surface area contributed by atoms with E-state index in [-0.39, 0.29) is 34.4 Å². The molecule has 0 aromatic heterocycles. The van der Waals surface area contributed by atoms with Crippen molar-refractivity contribution >= 4 is 46.1 Å². The van der Waals surface area contributed by atoms with Crippen molar-refractivity contribution in [1.82, 2.24) is 9.91 Å². The summed E-state index contributed by atoms with van der Waals surface area (Å²) < 4.78 is 5.27. The molecule has 0 aliphatic carbocycles. The van der Waals surface area contributed by atoms with Crippen molar-refractivity contribution in [3.63, 3.8) is 0 Å². The summed E-state index contributed by atoms with van der Waals surface area (Å²) in [6.07, 6.45) is 2.00. The highest BCUT2D eigenvalue weighted by Gasteiger charge is 2.43. The normalized spacial score (nSPS) is 16.8. The van der Waals surface area contributed by atoms with E-state index in [2.05, 4.69) is 6.58 Å². The molecule has 6 rings (SSSR count). The molecule has 1 atom stereocenters. The SMILES string of the molecule is C=C(C)C(=O)OCC(CC)N1C(=O)c2ccc3c4c(ccc(c24)C1=O)C(=O)N(N1CCCc2ccccc21)C3=O. The van der Waals surface area contributed by atoms with E-state index in [1.807, 2.05) is 24.3 Å². The molecular weight excluding hydrogens is 510 g/mol. The molecule has 40 heavy (non-hydrogen) atoms. The number of amides is 4. The first-order chi connectivity index (χ1) is 19.2. The topological polar surface area (TPSA) is 104 Å². The summed E-state index contributed by atoms with van der Waals surface area (Å²) in [4.78, 5) is 68.2. The lowest BCUT2D eigenvalue weighted by molar-refractivity contribution is -0.140. The maximum Gasteiger partial charge on any atom is 0.333 e. The fraction of sp³-hybridized carbons (Fsp3) is 0.258. The lowest BCUT2D eigenvalue weighted by Gasteiger charge is -2.41. The molecule has 0 spiro atoms. The first-order valence-corrected chi connectivity index (χ1v) is 13.3. The van der Waals surface area contributed by atoms with Crippen molar-refractivity contribution in [2.45, 2.75) is 39.2 Å². The zero-order chi connectivity index (χ0) is 28.3. The minimum Gasteiger partial charge on any atom is -0.460 e. The van der Waals surface area contributed by atoms with Crippen LogP contribution < -0.4 is 5.01 Å². The zero-order valence-electron chi connectivity index (χ0n) is 22.2. The number of hydrogen-bond donors (Lipinski definition) is 0. The van der Waals surface area contributed by atoms with Crippen LogP contribution in [0.25, 0.3) is 10.8 Å². The molecule has 202 valence electrons. The Labute approximate surface area is 230 Å². The van der Waals surface area contributed by atoms with Crippen LogP contribution in [0.5, 0.6) is 0 Å². The third-order valence-corrected chi connectivity index (χ3v) is 7.82. The van der Waals surface area contributed by atoms with Gasteiger partial charge in [0.1, 0.15) is 6.61 Å². The Kier molecular flexibility index (Phi) is 6.02. The van der Waals surface area contributed by atoms with Gasteiger partial charge in [-0.3, -0.25) is 29.1 Å². The molecule has 0 radical (unpaired) electrons. The number of esters is 1. The Bertz CT molecular complexity index is 1600. The first-order valence-electron chi connectivity index (χ1n) is 13.3. The van der Waals surface area contributed by atoms with Crippen LogP contribution in [0, 0.1) is 0 Å². The maximum absolute atomic E-state index is 13.9. The second-order valence-corrected chi connectivity index (χ2v) is 10.3. The van der Waals surface area contributed by atoms with Crippen LogP contribution in [-0.4, -0.2) is 58.7 Å². The number of rotatable bonds is 6. The third-order valence-electron chi connectivity index (χ3n) is 7.82. The van der Waals surface area contributed by atoms with E-state index in [1.54, 1.807) is 24.1 Å². The van der Waals surface area contributed by atoms with Crippen LogP contribution >= 0.6 is 0 Å². The number of fused-ring (bicyclic) bond motifs is 1. The van der Waals surface area contributed by atoms with Crippen molar-refractivity contribution in [3.8, 4) is 0 Å². The van der Waals surface area contributed by atoms with Gasteiger partial charge in [0.15, 0.2) is 0 Å². The Balaban J connectivity index is 1.42. The van der Waals surface area contributed by atoms with E-state index in [9.17, 15) is 24.0 Å². The van der Waals surface area contributed by atoms with Gasteiger partial charge in [0.25, 0.3) is 23.6 Å². The smallest absolute Gasteiger partial charge is 0.333 e. The van der Waals surface area contributed by atoms with E-state index >= 15 is 0 Å². The quantitative estimate of drug-likeness (QED) is 0.262. The predicted molar refractivity (Wildman–Crippen MR) is 147 cm³/mol. The largest absolute Gasteiger partial charge is 0.460 e. The lowest BCUT2D eigenvalue weighted by atomic mass is 9.85. The minimum absolute atomic E-state index is 0.169. The Morgan fingerprint density at radius 2 is 1.43 bits per heavy atom. The number of carbonyl (C=O) groups is 5. The van der Waals surface area contributed by atoms with Gasteiger partial charge in [0.05, 0.1) is 22.9 Å². The van der Waals surface area contributed by atoms with Gasteiger partial charge in [-0.05, 0) is 62.1 Å². The summed E-state index contributed by atoms with van der Waals surface area (Å²) in [7, 11) is 0. The molecule has 0 saturated carbocycles. The van der Waals surface area contributed by atoms with Crippen LogP contribution in [-0.2, 0) is 16.0 Å². The summed E-state index contributed by atoms with van der Waals surface area (Å²) >= 11 is 0. The molecule has 3 aliphatic rings. The van der Waals surface area contributed by atoms with E-state index in [4.69, 9.17) is 4.74 Å². The number of nitrogens with zero attached hydrogens (tertiary/aromatic N) is 3. The molecule has 0 saturated heterocycles. The highest BCUT2D eigenvalue weighted by atomic mass is 16.5. The summed E-state index contributed by atoms with van der Waals surface area (Å²) in [5.41, 5.74) is 3.04. The van der Waals surface area contributed by atoms with Gasteiger partial charge in [-0.15, -0.1) is 0 Å². The van der Waals surface area contributed by atoms with E-state index in [1.165, 1.54) is 24.1 Å². The fourth-order valence-corrected chi connectivity index (χ4v) is 5.82. The Morgan fingerprint density at radius 3 is 1.98 bits per heavy atom. The number of hydrazine groups is 1. The standard InChI is InChI=1S/C31H27N3O6/c1-4-19(16-40-31(39)17(2)3)33-27(35)20-11-13-22-26-23(14-12-21(25(20)26)28(33)36)30(38)34(29(22)37)32-15-7-9-18-8-5-6-10-24(18)32/h5-6,8,10-14,19H,2,4,7,9,15-16H2,1,3H3. The molecule has 4 amide bonds. The van der Waals surface area contributed by atoms with Crippen molar-refractivity contribution in [2.75, 3.05) is 18.2 Å². The van der Waals surface area contributed by atoms with Crippen LogP contribution in [0.3, 0.4) is 0 Å². The van der Waals surface area contributed by atoms with Crippen LogP contribution in [0.15, 0.2) is 60.7 Å². The second-order valence-electron chi connectivity index (χ2n) is 10.3. The van der Waals surface area contributed by atoms with Crippen LogP contribution in [0.2, 0.25) is 0 Å². The molecule has 0 N–H and O–H groups in total. The van der Waals surface area contributed by atoms with Gasteiger partial charge in [-0.1, -0.05) is 31.7 Å². The molecular formula is C31H27N3O6. The van der Waals surface area contributed by atoms with Crippen molar-refractivity contribution in [1.29, 1.82) is 0 Å². The maximum atomic E-state index is 13.9. The predicted octanol–water partition coefficient (Wildman–Crippen LogP) is 4.30. The number of anilines is 1. The molecule has 3 heterocycles. The van der Waals surface area contributed by atoms with Crippen LogP contribution in [0.4, 0.5) is 5.69 Å². The summed E-state index contributed by atoms with van der Waals surface area (Å²) in [5, 5.41) is 3.52. The number of carbonyl (C=O) groups excluding carboxylic acids is 5. The average Bonchev–Trinajstić information content (AvgIpc) is 2.96. The molecule has 0 bridgehead atoms. The van der Waals surface area contributed by atoms with Crippen molar-refractivity contribution in [2.24, 2.45) is 0 Å². The number of ether oxygens (including phenoxy) is 1. The highest BCUT2D eigenvalue weighted by Crippen LogP contribution is 2.40. The Morgan fingerprint density at radius 1 is 0.875 bits per heavy atom. The number of benzene rings is 3. The number of para-hydroxylation sites is 1. The highest BCUT2D eigenvalue weighted by molar-refractivity contribution is 6.33. The van der Waals surface area contributed by atoms with Gasteiger partial charge < -0.3 is 4.74 Å². The average molecular weight is 538 g/mol. The van der Waals surface area contributed by atoms with E-state index in [0.29, 0.717) is 23.7 Å². The van der Waals surface area contributed by atoms with Crippen LogP contribution in [0.1, 0.15) is 73.7 Å². The lowest BCUT2D eigenvalue weighted by Crippen LogP contribution is -2.54. The Hall–Kier alpha value is -4.79. The number of imide groups is 2. The van der Waals surface area contributed by atoms with Gasteiger partial charge in [-0.25, -0.2) is 4.79 Å². The molecule has 9 heteroatoms. The fourth-order valence-electron chi connectivity index (χ4n) is 5.82. The second kappa shape index (κ2) is 9.44. The molecule has 3 aromatic carbocycles. The van der Waals surface area contributed by atoms with Gasteiger partial charge in [0.2, 0.25) is 0 Å². The summed E-state index contributed by atoms with van der Waals surface area (Å²) in [5.74, 6) is -2.73. The van der Waals surface area contributed by atoms with E-state index < -0.39 is 35.6 Å². The van der Waals surface area contributed by atoms with Gasteiger partial charge in [-0.2, -0.15) is 5.01 Å². The molecule has 9 nitrogen and oxygen atoms in total. The minimum atomic E-state index is -0.698. The number of hydrogen-bond acceptors (Lipinski definition) is 7. The zero-order valence-corrected chi connectivity index (χ0v) is 22.2.